The lowest BCUT2D eigenvalue weighted by Gasteiger charge is -2.13. The summed E-state index contributed by atoms with van der Waals surface area (Å²) in [5.74, 6) is 0. The molecule has 0 saturated carbocycles. The van der Waals surface area contributed by atoms with Crippen LogP contribution in [0.2, 0.25) is 0 Å². The predicted octanol–water partition coefficient (Wildman–Crippen LogP) is 2.18. The Labute approximate surface area is 116 Å². The van der Waals surface area contributed by atoms with Gasteiger partial charge in [0.15, 0.2) is 0 Å². The molecule has 1 rings (SSSR count). The molecule has 0 spiro atoms. The van der Waals surface area contributed by atoms with Gasteiger partial charge in [0.2, 0.25) is 10.0 Å². The van der Waals surface area contributed by atoms with Crippen molar-refractivity contribution in [3.8, 4) is 0 Å². The van der Waals surface area contributed by atoms with Crippen molar-refractivity contribution in [3.63, 3.8) is 0 Å². The maximum absolute atomic E-state index is 12.2. The van der Waals surface area contributed by atoms with Crippen LogP contribution in [0, 0.1) is 6.92 Å². The van der Waals surface area contributed by atoms with Crippen molar-refractivity contribution in [2.45, 2.75) is 51.6 Å². The van der Waals surface area contributed by atoms with Gasteiger partial charge in [0, 0.05) is 12.6 Å². The van der Waals surface area contributed by atoms with Gasteiger partial charge in [0.05, 0.1) is 4.90 Å². The molecule has 0 fully saturated rings. The van der Waals surface area contributed by atoms with E-state index in [1.54, 1.807) is 6.07 Å². The lowest BCUT2D eigenvalue weighted by atomic mass is 10.1. The van der Waals surface area contributed by atoms with Crippen LogP contribution < -0.4 is 10.0 Å². The van der Waals surface area contributed by atoms with Crippen LogP contribution >= 0.6 is 0 Å². The molecule has 0 bridgehead atoms. The molecule has 0 atom stereocenters. The molecule has 0 saturated heterocycles. The number of sulfonamides is 1. The van der Waals surface area contributed by atoms with Crippen LogP contribution in [0.25, 0.3) is 0 Å². The fourth-order valence-electron chi connectivity index (χ4n) is 1.83. The van der Waals surface area contributed by atoms with Gasteiger partial charge in [-0.25, -0.2) is 13.1 Å². The van der Waals surface area contributed by atoms with Gasteiger partial charge in [-0.1, -0.05) is 19.1 Å². The quantitative estimate of drug-likeness (QED) is 0.755. The Morgan fingerprint density at radius 2 is 1.95 bits per heavy atom. The maximum atomic E-state index is 12.2. The van der Waals surface area contributed by atoms with Gasteiger partial charge in [-0.05, 0) is 50.9 Å². The third-order valence-corrected chi connectivity index (χ3v) is 4.49. The second kappa shape index (κ2) is 7.03. The standard InChI is InChI=1S/C14H24N2O2S/c1-5-8-15-10-13-7-6-12(4)14(9-13)19(17,18)16-11(2)3/h6-7,9,11,15-16H,5,8,10H2,1-4H3. The van der Waals surface area contributed by atoms with Crippen LogP contribution in [-0.4, -0.2) is 21.0 Å². The fourth-order valence-corrected chi connectivity index (χ4v) is 3.37. The minimum Gasteiger partial charge on any atom is -0.313 e. The molecule has 19 heavy (non-hydrogen) atoms. The molecule has 5 heteroatoms. The first-order valence-electron chi connectivity index (χ1n) is 6.69. The van der Waals surface area contributed by atoms with Crippen LogP contribution in [0.15, 0.2) is 23.1 Å². The van der Waals surface area contributed by atoms with E-state index in [1.165, 1.54) is 0 Å². The summed E-state index contributed by atoms with van der Waals surface area (Å²) >= 11 is 0. The first-order chi connectivity index (χ1) is 8.86. The number of nitrogens with one attached hydrogen (secondary N) is 2. The Balaban J connectivity index is 2.97. The van der Waals surface area contributed by atoms with Crippen molar-refractivity contribution in [1.82, 2.24) is 10.0 Å². The van der Waals surface area contributed by atoms with E-state index in [1.807, 2.05) is 32.9 Å². The summed E-state index contributed by atoms with van der Waals surface area (Å²) in [7, 11) is -3.42. The molecular weight excluding hydrogens is 260 g/mol. The average molecular weight is 284 g/mol. The molecule has 0 aliphatic rings. The maximum Gasteiger partial charge on any atom is 0.241 e. The van der Waals surface area contributed by atoms with Crippen LogP contribution in [0.4, 0.5) is 0 Å². The first-order valence-corrected chi connectivity index (χ1v) is 8.17. The second-order valence-corrected chi connectivity index (χ2v) is 6.74. The summed E-state index contributed by atoms with van der Waals surface area (Å²) in [6.07, 6.45) is 1.06. The fraction of sp³-hybridized carbons (Fsp3) is 0.571. The highest BCUT2D eigenvalue weighted by Gasteiger charge is 2.18. The van der Waals surface area contributed by atoms with E-state index in [-0.39, 0.29) is 6.04 Å². The topological polar surface area (TPSA) is 58.2 Å². The van der Waals surface area contributed by atoms with E-state index in [0.29, 0.717) is 11.4 Å². The molecule has 0 heterocycles. The van der Waals surface area contributed by atoms with Crippen molar-refractivity contribution in [1.29, 1.82) is 0 Å². The molecule has 4 nitrogen and oxygen atoms in total. The van der Waals surface area contributed by atoms with Crippen molar-refractivity contribution in [3.05, 3.63) is 29.3 Å². The third kappa shape index (κ3) is 4.93. The minimum absolute atomic E-state index is 0.105. The van der Waals surface area contributed by atoms with Gasteiger partial charge in [0.1, 0.15) is 0 Å². The molecule has 0 unspecified atom stereocenters. The normalized spacial score (nSPS) is 12.1. The Bertz CT molecular complexity index is 510. The number of hydrogen-bond donors (Lipinski definition) is 2. The minimum atomic E-state index is -3.42. The summed E-state index contributed by atoms with van der Waals surface area (Å²) in [5, 5.41) is 3.28. The molecule has 0 aliphatic carbocycles. The van der Waals surface area contributed by atoms with E-state index < -0.39 is 10.0 Å². The van der Waals surface area contributed by atoms with Gasteiger partial charge >= 0.3 is 0 Å². The van der Waals surface area contributed by atoms with Crippen LogP contribution in [-0.2, 0) is 16.6 Å². The van der Waals surface area contributed by atoms with Gasteiger partial charge in [-0.2, -0.15) is 0 Å². The van der Waals surface area contributed by atoms with E-state index in [2.05, 4.69) is 17.0 Å². The number of hydrogen-bond acceptors (Lipinski definition) is 3. The zero-order chi connectivity index (χ0) is 14.5. The molecule has 2 N–H and O–H groups in total. The second-order valence-electron chi connectivity index (χ2n) is 5.05. The lowest BCUT2D eigenvalue weighted by Crippen LogP contribution is -2.30. The first kappa shape index (κ1) is 16.1. The Morgan fingerprint density at radius 3 is 2.53 bits per heavy atom. The number of rotatable bonds is 7. The smallest absolute Gasteiger partial charge is 0.241 e. The van der Waals surface area contributed by atoms with Crippen LogP contribution in [0.1, 0.15) is 38.3 Å². The Kier molecular flexibility index (Phi) is 5.97. The highest BCUT2D eigenvalue weighted by Crippen LogP contribution is 2.17. The third-order valence-electron chi connectivity index (χ3n) is 2.69. The molecule has 0 radical (unpaired) electrons. The summed E-state index contributed by atoms with van der Waals surface area (Å²) in [5.41, 5.74) is 1.76. The van der Waals surface area contributed by atoms with E-state index in [0.717, 1.165) is 24.1 Å². The van der Waals surface area contributed by atoms with Crippen LogP contribution in [0.5, 0.6) is 0 Å². The monoisotopic (exact) mass is 284 g/mol. The molecule has 108 valence electrons. The molecule has 0 aromatic heterocycles. The van der Waals surface area contributed by atoms with Gasteiger partial charge in [-0.15, -0.1) is 0 Å². The zero-order valence-corrected chi connectivity index (χ0v) is 13.0. The Morgan fingerprint density at radius 1 is 1.26 bits per heavy atom. The summed E-state index contributed by atoms with van der Waals surface area (Å²) < 4.78 is 27.1. The van der Waals surface area contributed by atoms with Crippen molar-refractivity contribution in [2.24, 2.45) is 0 Å². The SMILES string of the molecule is CCCNCc1ccc(C)c(S(=O)(=O)NC(C)C)c1. The predicted molar refractivity (Wildman–Crippen MR) is 78.6 cm³/mol. The average Bonchev–Trinajstić information content (AvgIpc) is 2.29. The molecule has 1 aromatic rings. The van der Waals surface area contributed by atoms with Gasteiger partial charge < -0.3 is 5.32 Å². The van der Waals surface area contributed by atoms with Gasteiger partial charge in [-0.3, -0.25) is 0 Å². The van der Waals surface area contributed by atoms with E-state index in [9.17, 15) is 8.42 Å². The molecule has 1 aromatic carbocycles. The highest BCUT2D eigenvalue weighted by atomic mass is 32.2. The number of benzene rings is 1. The summed E-state index contributed by atoms with van der Waals surface area (Å²) in [6, 6.07) is 5.47. The van der Waals surface area contributed by atoms with Crippen molar-refractivity contribution >= 4 is 10.0 Å². The lowest BCUT2D eigenvalue weighted by molar-refractivity contribution is 0.569. The Hall–Kier alpha value is -0.910. The summed E-state index contributed by atoms with van der Waals surface area (Å²) in [4.78, 5) is 0.372. The highest BCUT2D eigenvalue weighted by molar-refractivity contribution is 7.89. The molecule has 0 amide bonds. The largest absolute Gasteiger partial charge is 0.313 e. The number of aryl methyl sites for hydroxylation is 1. The van der Waals surface area contributed by atoms with Crippen molar-refractivity contribution in [2.75, 3.05) is 6.54 Å². The zero-order valence-electron chi connectivity index (χ0n) is 12.2. The van der Waals surface area contributed by atoms with Crippen molar-refractivity contribution < 1.29 is 8.42 Å². The van der Waals surface area contributed by atoms with E-state index >= 15 is 0 Å². The molecular formula is C14H24N2O2S. The van der Waals surface area contributed by atoms with E-state index in [4.69, 9.17) is 0 Å². The van der Waals surface area contributed by atoms with Gasteiger partial charge in [0.25, 0.3) is 0 Å². The molecule has 0 aliphatic heterocycles. The van der Waals surface area contributed by atoms with Crippen LogP contribution in [0.3, 0.4) is 0 Å². The summed E-state index contributed by atoms with van der Waals surface area (Å²) in [6.45, 7) is 9.18.